The van der Waals surface area contributed by atoms with Gasteiger partial charge in [-0.05, 0) is 75.1 Å². The summed E-state index contributed by atoms with van der Waals surface area (Å²) in [7, 11) is -3.96. The molecule has 172 valence electrons. The number of carboxylic acids is 1. The molecule has 1 fully saturated rings. The van der Waals surface area contributed by atoms with Crippen LogP contribution in [0.5, 0.6) is 0 Å². The molecular weight excluding hydrogens is 432 g/mol. The first-order chi connectivity index (χ1) is 15.1. The highest BCUT2D eigenvalue weighted by molar-refractivity contribution is 7.92. The fraction of sp³-hybridized carbons (Fsp3) is 0.391. The molecular formula is C23H28N2O6S. The van der Waals surface area contributed by atoms with E-state index in [0.29, 0.717) is 25.4 Å². The number of benzene rings is 2. The lowest BCUT2D eigenvalue weighted by Crippen LogP contribution is -2.39. The Hall–Kier alpha value is -3.07. The van der Waals surface area contributed by atoms with E-state index in [1.807, 2.05) is 18.7 Å². The standard InChI is InChI=1S/C23H28N2O6S/c1-4-31-23(28)17-6-5-11-25(14-17)18-8-10-21(20(13-18)22(26)27)24-32(29,30)19-9-7-15(2)16(3)12-19/h7-10,12-13,17,24H,4-6,11,14H2,1-3H3,(H,26,27). The van der Waals surface area contributed by atoms with Crippen molar-refractivity contribution in [3.05, 3.63) is 53.1 Å². The highest BCUT2D eigenvalue weighted by atomic mass is 32.2. The molecule has 2 aromatic carbocycles. The van der Waals surface area contributed by atoms with Gasteiger partial charge in [0, 0.05) is 18.8 Å². The van der Waals surface area contributed by atoms with Gasteiger partial charge in [0.2, 0.25) is 0 Å². The van der Waals surface area contributed by atoms with Gasteiger partial charge in [-0.25, -0.2) is 13.2 Å². The zero-order valence-corrected chi connectivity index (χ0v) is 19.2. The number of carboxylic acid groups (broad SMARTS) is 1. The van der Waals surface area contributed by atoms with E-state index in [1.54, 1.807) is 25.1 Å². The van der Waals surface area contributed by atoms with Crippen molar-refractivity contribution in [3.8, 4) is 0 Å². The second kappa shape index (κ2) is 9.60. The Bertz CT molecular complexity index is 1130. The fourth-order valence-corrected chi connectivity index (χ4v) is 4.91. The number of aromatic carboxylic acids is 1. The minimum absolute atomic E-state index is 0.0153. The van der Waals surface area contributed by atoms with E-state index in [-0.39, 0.29) is 28.0 Å². The molecule has 0 spiro atoms. The van der Waals surface area contributed by atoms with Gasteiger partial charge >= 0.3 is 11.9 Å². The summed E-state index contributed by atoms with van der Waals surface area (Å²) in [6, 6.07) is 9.30. The summed E-state index contributed by atoms with van der Waals surface area (Å²) in [4.78, 5) is 26.0. The van der Waals surface area contributed by atoms with E-state index in [4.69, 9.17) is 4.74 Å². The molecule has 0 bridgehead atoms. The maximum Gasteiger partial charge on any atom is 0.337 e. The molecule has 32 heavy (non-hydrogen) atoms. The third-order valence-electron chi connectivity index (χ3n) is 5.67. The second-order valence-corrected chi connectivity index (χ2v) is 9.61. The van der Waals surface area contributed by atoms with Crippen LogP contribution >= 0.6 is 0 Å². The number of carbonyl (C=O) groups is 2. The Labute approximate surface area is 188 Å². The first-order valence-electron chi connectivity index (χ1n) is 10.5. The van der Waals surface area contributed by atoms with Crippen LogP contribution in [0.3, 0.4) is 0 Å². The maximum atomic E-state index is 12.8. The van der Waals surface area contributed by atoms with Gasteiger partial charge in [-0.2, -0.15) is 0 Å². The minimum Gasteiger partial charge on any atom is -0.478 e. The number of nitrogens with zero attached hydrogens (tertiary/aromatic N) is 1. The summed E-state index contributed by atoms with van der Waals surface area (Å²) in [5.41, 5.74) is 2.22. The number of rotatable bonds is 7. The van der Waals surface area contributed by atoms with Gasteiger partial charge in [0.25, 0.3) is 10.0 Å². The molecule has 0 amide bonds. The van der Waals surface area contributed by atoms with Crippen molar-refractivity contribution >= 4 is 33.3 Å². The first-order valence-corrected chi connectivity index (χ1v) is 12.0. The van der Waals surface area contributed by atoms with Crippen molar-refractivity contribution in [1.82, 2.24) is 0 Å². The van der Waals surface area contributed by atoms with Crippen LogP contribution in [-0.4, -0.2) is 45.2 Å². The predicted molar refractivity (Wildman–Crippen MR) is 122 cm³/mol. The smallest absolute Gasteiger partial charge is 0.337 e. The summed E-state index contributed by atoms with van der Waals surface area (Å²) in [5, 5.41) is 9.72. The number of hydrogen-bond donors (Lipinski definition) is 2. The lowest BCUT2D eigenvalue weighted by Gasteiger charge is -2.33. The summed E-state index contributed by atoms with van der Waals surface area (Å²) < 4.78 is 33.2. The summed E-state index contributed by atoms with van der Waals surface area (Å²) >= 11 is 0. The number of ether oxygens (including phenoxy) is 1. The highest BCUT2D eigenvalue weighted by Crippen LogP contribution is 2.29. The van der Waals surface area contributed by atoms with Gasteiger partial charge in [0.1, 0.15) is 0 Å². The Balaban J connectivity index is 1.87. The Morgan fingerprint density at radius 2 is 1.91 bits per heavy atom. The molecule has 1 aliphatic heterocycles. The van der Waals surface area contributed by atoms with E-state index >= 15 is 0 Å². The molecule has 1 heterocycles. The number of anilines is 2. The normalized spacial score (nSPS) is 16.5. The summed E-state index contributed by atoms with van der Waals surface area (Å²) in [6.07, 6.45) is 1.49. The van der Waals surface area contributed by atoms with Crippen molar-refractivity contribution in [2.24, 2.45) is 5.92 Å². The third kappa shape index (κ3) is 5.21. The number of hydrogen-bond acceptors (Lipinski definition) is 6. The Morgan fingerprint density at radius 1 is 1.16 bits per heavy atom. The molecule has 0 aromatic heterocycles. The van der Waals surface area contributed by atoms with Gasteiger partial charge in [-0.15, -0.1) is 0 Å². The lowest BCUT2D eigenvalue weighted by molar-refractivity contribution is -0.148. The number of esters is 1. The average Bonchev–Trinajstić information content (AvgIpc) is 2.75. The topological polar surface area (TPSA) is 113 Å². The number of aryl methyl sites for hydroxylation is 2. The minimum atomic E-state index is -3.96. The molecule has 9 heteroatoms. The van der Waals surface area contributed by atoms with Crippen LogP contribution in [0.4, 0.5) is 11.4 Å². The zero-order valence-electron chi connectivity index (χ0n) is 18.4. The van der Waals surface area contributed by atoms with Crippen molar-refractivity contribution in [3.63, 3.8) is 0 Å². The molecule has 1 saturated heterocycles. The van der Waals surface area contributed by atoms with E-state index in [0.717, 1.165) is 24.0 Å². The van der Waals surface area contributed by atoms with Gasteiger partial charge in [0.05, 0.1) is 28.7 Å². The SMILES string of the molecule is CCOC(=O)C1CCCN(c2ccc(NS(=O)(=O)c3ccc(C)c(C)c3)c(C(=O)O)c2)C1. The quantitative estimate of drug-likeness (QED) is 0.607. The summed E-state index contributed by atoms with van der Waals surface area (Å²) in [5.74, 6) is -1.78. The average molecular weight is 461 g/mol. The molecule has 1 unspecified atom stereocenters. The van der Waals surface area contributed by atoms with Crippen LogP contribution in [-0.2, 0) is 19.6 Å². The molecule has 2 aromatic rings. The van der Waals surface area contributed by atoms with Crippen molar-refractivity contribution in [1.29, 1.82) is 0 Å². The molecule has 8 nitrogen and oxygen atoms in total. The van der Waals surface area contributed by atoms with Crippen LogP contribution in [0, 0.1) is 19.8 Å². The van der Waals surface area contributed by atoms with Crippen LogP contribution < -0.4 is 9.62 Å². The Kier molecular flexibility index (Phi) is 7.08. The van der Waals surface area contributed by atoms with Crippen molar-refractivity contribution < 1.29 is 27.9 Å². The fourth-order valence-electron chi connectivity index (χ4n) is 3.74. The Morgan fingerprint density at radius 3 is 2.56 bits per heavy atom. The molecule has 0 radical (unpaired) electrons. The predicted octanol–water partition coefficient (Wildman–Crippen LogP) is 3.58. The molecule has 1 atom stereocenters. The van der Waals surface area contributed by atoms with Crippen molar-refractivity contribution in [2.45, 2.75) is 38.5 Å². The van der Waals surface area contributed by atoms with Crippen LogP contribution in [0.15, 0.2) is 41.3 Å². The zero-order chi connectivity index (χ0) is 23.5. The van der Waals surface area contributed by atoms with Gasteiger partial charge < -0.3 is 14.7 Å². The first kappa shape index (κ1) is 23.6. The lowest BCUT2D eigenvalue weighted by atomic mass is 9.97. The van der Waals surface area contributed by atoms with E-state index in [1.165, 1.54) is 18.2 Å². The number of sulfonamides is 1. The van der Waals surface area contributed by atoms with Crippen LogP contribution in [0.1, 0.15) is 41.3 Å². The van der Waals surface area contributed by atoms with Crippen LogP contribution in [0.2, 0.25) is 0 Å². The molecule has 3 rings (SSSR count). The molecule has 0 saturated carbocycles. The van der Waals surface area contributed by atoms with E-state index < -0.39 is 16.0 Å². The van der Waals surface area contributed by atoms with Crippen molar-refractivity contribution in [2.75, 3.05) is 29.3 Å². The largest absolute Gasteiger partial charge is 0.478 e. The van der Waals surface area contributed by atoms with Gasteiger partial charge in [-0.1, -0.05) is 6.07 Å². The second-order valence-electron chi connectivity index (χ2n) is 7.92. The monoisotopic (exact) mass is 460 g/mol. The molecule has 2 N–H and O–H groups in total. The molecule has 1 aliphatic rings. The number of piperidine rings is 1. The van der Waals surface area contributed by atoms with E-state index in [9.17, 15) is 23.1 Å². The summed E-state index contributed by atoms with van der Waals surface area (Å²) in [6.45, 7) is 6.86. The van der Waals surface area contributed by atoms with E-state index in [2.05, 4.69) is 4.72 Å². The maximum absolute atomic E-state index is 12.8. The third-order valence-corrected chi connectivity index (χ3v) is 7.04. The van der Waals surface area contributed by atoms with Crippen LogP contribution in [0.25, 0.3) is 0 Å². The van der Waals surface area contributed by atoms with Gasteiger partial charge in [0.15, 0.2) is 0 Å². The number of carbonyl (C=O) groups excluding carboxylic acids is 1. The molecule has 0 aliphatic carbocycles. The van der Waals surface area contributed by atoms with Gasteiger partial charge in [-0.3, -0.25) is 9.52 Å². The number of nitrogens with one attached hydrogen (secondary N) is 1. The highest BCUT2D eigenvalue weighted by Gasteiger charge is 2.28.